The van der Waals surface area contributed by atoms with Crippen LogP contribution in [-0.2, 0) is 39.9 Å². The second-order valence-corrected chi connectivity index (χ2v) is 27.3. The van der Waals surface area contributed by atoms with E-state index in [2.05, 4.69) is 247 Å². The van der Waals surface area contributed by atoms with Crippen molar-refractivity contribution in [3.8, 4) is 22.3 Å². The summed E-state index contributed by atoms with van der Waals surface area (Å²) < 4.78 is 2.75. The lowest BCUT2D eigenvalue weighted by atomic mass is 9.36. The number of fused-ring (bicyclic) bond motifs is 7. The SMILES string of the molecule is CC(C)(C)c1cc(-c2ccc(N3c4cccc5c4B(c4cc(C(C)(C)C)ccc4N5c4ccc(C(C)(C)C)cc4-c4cccc5c4CCC5)c4sc5ccc(C(C)(C)C)cc5c43)cc2)cc(C(C)(C)C)c1. The third kappa shape index (κ3) is 8.08. The van der Waals surface area contributed by atoms with Gasteiger partial charge in [-0.05, 0) is 167 Å². The molecule has 1 aromatic heterocycles. The molecule has 0 spiro atoms. The highest BCUT2D eigenvalue weighted by Gasteiger charge is 2.46. The maximum atomic E-state index is 2.65. The summed E-state index contributed by atoms with van der Waals surface area (Å²) in [6, 6.07) is 53.1. The fourth-order valence-corrected chi connectivity index (χ4v) is 12.9. The van der Waals surface area contributed by atoms with E-state index < -0.39 is 0 Å². The summed E-state index contributed by atoms with van der Waals surface area (Å²) in [7, 11) is 0. The van der Waals surface area contributed by atoms with E-state index in [0.29, 0.717) is 0 Å². The summed E-state index contributed by atoms with van der Waals surface area (Å²) in [5, 5.41) is 1.33. The molecule has 4 heteroatoms. The highest BCUT2D eigenvalue weighted by Crippen LogP contribution is 2.51. The van der Waals surface area contributed by atoms with Crippen LogP contribution >= 0.6 is 11.3 Å². The molecular weight excluding hydrogens is 876 g/mol. The summed E-state index contributed by atoms with van der Waals surface area (Å²) >= 11 is 2.00. The lowest BCUT2D eigenvalue weighted by Gasteiger charge is -2.44. The molecule has 0 saturated heterocycles. The lowest BCUT2D eigenvalue weighted by molar-refractivity contribution is 0.569. The Morgan fingerprint density at radius 2 is 1.00 bits per heavy atom. The van der Waals surface area contributed by atoms with E-state index in [4.69, 9.17) is 0 Å². The Morgan fingerprint density at radius 1 is 0.437 bits per heavy atom. The predicted octanol–water partition coefficient (Wildman–Crippen LogP) is 17.3. The van der Waals surface area contributed by atoms with Gasteiger partial charge in [0.25, 0.3) is 6.71 Å². The van der Waals surface area contributed by atoms with E-state index in [1.807, 2.05) is 11.3 Å². The van der Waals surface area contributed by atoms with Gasteiger partial charge in [-0.15, -0.1) is 11.3 Å². The molecule has 0 radical (unpaired) electrons. The lowest BCUT2D eigenvalue weighted by Crippen LogP contribution is -2.60. The highest BCUT2D eigenvalue weighted by molar-refractivity contribution is 7.33. The van der Waals surface area contributed by atoms with Gasteiger partial charge in [0.2, 0.25) is 0 Å². The molecule has 0 fully saturated rings. The molecule has 3 aliphatic rings. The fraction of sp³-hybridized carbons (Fsp3) is 0.343. The molecule has 2 aliphatic heterocycles. The molecule has 7 aromatic carbocycles. The molecule has 0 atom stereocenters. The van der Waals surface area contributed by atoms with Crippen LogP contribution in [0.15, 0.2) is 133 Å². The first-order valence-electron chi connectivity index (χ1n) is 26.3. The van der Waals surface area contributed by atoms with Crippen LogP contribution in [0.1, 0.15) is 149 Å². The maximum absolute atomic E-state index is 2.65. The number of nitrogens with zero attached hydrogens (tertiary/aromatic N) is 2. The van der Waals surface area contributed by atoms with Gasteiger partial charge in [0.15, 0.2) is 0 Å². The second kappa shape index (κ2) is 16.3. The van der Waals surface area contributed by atoms with Crippen molar-refractivity contribution in [1.29, 1.82) is 0 Å². The van der Waals surface area contributed by atoms with Crippen LogP contribution in [0, 0.1) is 0 Å². The molecule has 3 heterocycles. The van der Waals surface area contributed by atoms with Gasteiger partial charge < -0.3 is 9.80 Å². The van der Waals surface area contributed by atoms with Crippen LogP contribution in [0.4, 0.5) is 34.1 Å². The Kier molecular flexibility index (Phi) is 10.9. The normalized spacial score (nSPS) is 14.7. The third-order valence-electron chi connectivity index (χ3n) is 16.0. The van der Waals surface area contributed by atoms with Gasteiger partial charge in [-0.25, -0.2) is 0 Å². The van der Waals surface area contributed by atoms with Gasteiger partial charge in [0.1, 0.15) is 0 Å². The van der Waals surface area contributed by atoms with Gasteiger partial charge in [0, 0.05) is 43.2 Å². The van der Waals surface area contributed by atoms with Gasteiger partial charge in [0.05, 0.1) is 11.4 Å². The Balaban J connectivity index is 1.19. The number of rotatable bonds is 4. The van der Waals surface area contributed by atoms with Crippen molar-refractivity contribution in [2.75, 3.05) is 9.80 Å². The number of thiophene rings is 1. The highest BCUT2D eigenvalue weighted by atomic mass is 32.1. The van der Waals surface area contributed by atoms with Crippen LogP contribution in [-0.4, -0.2) is 6.71 Å². The Morgan fingerprint density at radius 3 is 1.63 bits per heavy atom. The van der Waals surface area contributed by atoms with Crippen molar-refractivity contribution < 1.29 is 0 Å². The minimum absolute atomic E-state index is 0.00139. The zero-order valence-electron chi connectivity index (χ0n) is 45.2. The standard InChI is InChI=1S/C67H73BN2S/c1-63(2,3)44-27-32-55(52(38-44)51-22-17-20-42-19-16-21-50(42)51)70-56-33-28-46(65(7,8)9)40-54(56)68-60-57(23-18-24-58(60)70)69(61-53-39-45(64(4,5)6)29-34-59(53)71-62(61)68)49-30-25-41(26-31-49)43-35-47(66(10,11)12)37-48(36-43)67(13,14)15/h17-18,20,22-40H,16,19,21H2,1-15H3. The zero-order chi connectivity index (χ0) is 50.3. The quantitative estimate of drug-likeness (QED) is 0.162. The molecule has 0 unspecified atom stereocenters. The van der Waals surface area contributed by atoms with Gasteiger partial charge in [-0.3, -0.25) is 0 Å². The van der Waals surface area contributed by atoms with Gasteiger partial charge in [-0.1, -0.05) is 183 Å². The molecule has 0 amide bonds. The first kappa shape index (κ1) is 47.5. The topological polar surface area (TPSA) is 6.48 Å². The van der Waals surface area contributed by atoms with E-state index in [9.17, 15) is 0 Å². The molecule has 360 valence electrons. The first-order chi connectivity index (χ1) is 33.4. The van der Waals surface area contributed by atoms with E-state index in [0.717, 1.165) is 12.8 Å². The molecule has 0 N–H and O–H groups in total. The van der Waals surface area contributed by atoms with Gasteiger partial charge in [-0.2, -0.15) is 0 Å². The summed E-state index contributed by atoms with van der Waals surface area (Å²) in [6.45, 7) is 35.2. The van der Waals surface area contributed by atoms with Crippen LogP contribution in [0.3, 0.4) is 0 Å². The van der Waals surface area contributed by atoms with E-state index in [-0.39, 0.29) is 33.8 Å². The van der Waals surface area contributed by atoms with Crippen LogP contribution in [0.5, 0.6) is 0 Å². The number of hydrogen-bond donors (Lipinski definition) is 0. The number of anilines is 6. The minimum Gasteiger partial charge on any atom is -0.311 e. The molecule has 1 aliphatic carbocycles. The van der Waals surface area contributed by atoms with Crippen molar-refractivity contribution >= 4 is 78.0 Å². The van der Waals surface area contributed by atoms with Gasteiger partial charge >= 0.3 is 0 Å². The first-order valence-corrected chi connectivity index (χ1v) is 27.1. The zero-order valence-corrected chi connectivity index (χ0v) is 46.0. The van der Waals surface area contributed by atoms with Crippen molar-refractivity contribution in [3.63, 3.8) is 0 Å². The van der Waals surface area contributed by atoms with Crippen molar-refractivity contribution in [2.45, 2.75) is 150 Å². The monoisotopic (exact) mass is 949 g/mol. The molecule has 71 heavy (non-hydrogen) atoms. The van der Waals surface area contributed by atoms with E-state index in [1.54, 1.807) is 0 Å². The third-order valence-corrected chi connectivity index (χ3v) is 17.2. The Bertz CT molecular complexity index is 3390. The Hall–Kier alpha value is -5.84. The van der Waals surface area contributed by atoms with Crippen molar-refractivity contribution in [1.82, 2.24) is 0 Å². The number of benzene rings is 7. The number of hydrogen-bond acceptors (Lipinski definition) is 3. The average Bonchev–Trinajstić information content (AvgIpc) is 3.95. The van der Waals surface area contributed by atoms with Crippen LogP contribution in [0.2, 0.25) is 0 Å². The van der Waals surface area contributed by atoms with Crippen LogP contribution < -0.4 is 25.5 Å². The molecule has 0 saturated carbocycles. The molecule has 0 bridgehead atoms. The molecular formula is C67H73BN2S. The smallest absolute Gasteiger partial charge is 0.264 e. The maximum Gasteiger partial charge on any atom is 0.264 e. The minimum atomic E-state index is -0.0309. The molecule has 8 aromatic rings. The summed E-state index contributed by atoms with van der Waals surface area (Å²) in [4.78, 5) is 5.29. The molecule has 11 rings (SSSR count). The summed E-state index contributed by atoms with van der Waals surface area (Å²) in [6.07, 6.45) is 3.49. The summed E-state index contributed by atoms with van der Waals surface area (Å²) in [5.41, 5.74) is 25.4. The predicted molar refractivity (Wildman–Crippen MR) is 312 cm³/mol. The van der Waals surface area contributed by atoms with E-state index >= 15 is 0 Å². The van der Waals surface area contributed by atoms with Crippen molar-refractivity contribution in [3.05, 3.63) is 172 Å². The Labute approximate surface area is 430 Å². The second-order valence-electron chi connectivity index (χ2n) is 26.2. The van der Waals surface area contributed by atoms with Crippen LogP contribution in [0.25, 0.3) is 32.3 Å². The van der Waals surface area contributed by atoms with Crippen molar-refractivity contribution in [2.24, 2.45) is 0 Å². The largest absolute Gasteiger partial charge is 0.311 e. The fourth-order valence-electron chi connectivity index (χ4n) is 11.6. The average molecular weight is 949 g/mol. The van der Waals surface area contributed by atoms with E-state index in [1.165, 1.54) is 128 Å². The number of aryl methyl sites for hydroxylation is 1. The summed E-state index contributed by atoms with van der Waals surface area (Å²) in [5.74, 6) is 0. The molecule has 2 nitrogen and oxygen atoms in total.